The summed E-state index contributed by atoms with van der Waals surface area (Å²) in [6, 6.07) is 8.12. The maximum atomic E-state index is 12.6. The van der Waals surface area contributed by atoms with Crippen molar-refractivity contribution in [3.63, 3.8) is 0 Å². The number of aromatic amines is 1. The van der Waals surface area contributed by atoms with Gasteiger partial charge in [0.05, 0.1) is 17.2 Å². The molecular formula is C27H33Cl3N6O2. The Kier molecular flexibility index (Phi) is 10.8. The summed E-state index contributed by atoms with van der Waals surface area (Å²) in [6.45, 7) is 7.65. The number of methoxy groups -OCH3 is 1. The molecule has 38 heavy (non-hydrogen) atoms. The van der Waals surface area contributed by atoms with Crippen LogP contribution in [-0.2, 0) is 9.53 Å². The number of amides is 1. The highest BCUT2D eigenvalue weighted by atomic mass is 35.5. The first-order chi connectivity index (χ1) is 17.9. The van der Waals surface area contributed by atoms with Crippen LogP contribution in [0.1, 0.15) is 26.0 Å². The number of aromatic nitrogens is 3. The van der Waals surface area contributed by atoms with Gasteiger partial charge in [-0.15, -0.1) is 12.4 Å². The highest BCUT2D eigenvalue weighted by Gasteiger charge is 2.30. The summed E-state index contributed by atoms with van der Waals surface area (Å²) in [5, 5.41) is 4.93. The van der Waals surface area contributed by atoms with Crippen LogP contribution in [0.3, 0.4) is 0 Å². The van der Waals surface area contributed by atoms with Gasteiger partial charge in [-0.25, -0.2) is 9.97 Å². The molecule has 2 aromatic heterocycles. The number of piperazine rings is 1. The second kappa shape index (κ2) is 13.8. The quantitative estimate of drug-likeness (QED) is 0.154. The Morgan fingerprint density at radius 1 is 1.16 bits per heavy atom. The Hall–Kier alpha value is -2.78. The summed E-state index contributed by atoms with van der Waals surface area (Å²) in [6.07, 6.45) is 9.67. The van der Waals surface area contributed by atoms with Crippen LogP contribution in [0.25, 0.3) is 17.0 Å². The molecule has 11 heteroatoms. The van der Waals surface area contributed by atoms with Crippen molar-refractivity contribution in [3.05, 3.63) is 70.3 Å². The molecule has 8 nitrogen and oxygen atoms in total. The van der Waals surface area contributed by atoms with Crippen LogP contribution >= 0.6 is 35.6 Å². The number of carbonyl (C=O) groups is 1. The third-order valence-electron chi connectivity index (χ3n) is 6.46. The van der Waals surface area contributed by atoms with E-state index in [1.165, 1.54) is 7.11 Å². The zero-order valence-corrected chi connectivity index (χ0v) is 24.0. The van der Waals surface area contributed by atoms with Gasteiger partial charge in [0, 0.05) is 67.3 Å². The first-order valence-corrected chi connectivity index (χ1v) is 13.1. The number of allylic oxidation sites excluding steroid dienone is 2. The Balaban J connectivity index is 0.00000400. The van der Waals surface area contributed by atoms with Crippen molar-refractivity contribution in [1.82, 2.24) is 25.2 Å². The summed E-state index contributed by atoms with van der Waals surface area (Å²) in [7, 11) is 1.49. The molecule has 0 spiro atoms. The fraction of sp³-hybridized carbons (Fsp3) is 0.370. The molecule has 1 aromatic carbocycles. The topological polar surface area (TPSA) is 86.4 Å². The third kappa shape index (κ3) is 7.41. The average molecular weight is 580 g/mol. The monoisotopic (exact) mass is 578 g/mol. The predicted molar refractivity (Wildman–Crippen MR) is 157 cm³/mol. The molecule has 0 saturated carbocycles. The van der Waals surface area contributed by atoms with Crippen LogP contribution in [-0.4, -0.2) is 71.1 Å². The van der Waals surface area contributed by atoms with E-state index in [9.17, 15) is 4.79 Å². The molecule has 204 valence electrons. The van der Waals surface area contributed by atoms with Gasteiger partial charge in [0.2, 0.25) is 5.95 Å². The van der Waals surface area contributed by atoms with Crippen molar-refractivity contribution in [2.24, 2.45) is 0 Å². The summed E-state index contributed by atoms with van der Waals surface area (Å²) < 4.78 is 5.30. The van der Waals surface area contributed by atoms with Gasteiger partial charge >= 0.3 is 0 Å². The molecular weight excluding hydrogens is 547 g/mol. The number of ether oxygens (including phenoxy) is 1. The van der Waals surface area contributed by atoms with Crippen LogP contribution in [0.2, 0.25) is 10.0 Å². The number of hydrogen-bond acceptors (Lipinski definition) is 6. The number of H-pyrrole nitrogens is 1. The van der Waals surface area contributed by atoms with Crippen LogP contribution < -0.4 is 10.2 Å². The molecule has 1 aliphatic rings. The molecule has 2 unspecified atom stereocenters. The molecule has 0 aliphatic carbocycles. The highest BCUT2D eigenvalue weighted by Crippen LogP contribution is 2.28. The van der Waals surface area contributed by atoms with E-state index in [1.54, 1.807) is 30.6 Å². The van der Waals surface area contributed by atoms with E-state index in [-0.39, 0.29) is 24.1 Å². The lowest BCUT2D eigenvalue weighted by Gasteiger charge is -2.44. The van der Waals surface area contributed by atoms with Crippen molar-refractivity contribution in [3.8, 4) is 0 Å². The summed E-state index contributed by atoms with van der Waals surface area (Å²) in [5.41, 5.74) is 1.75. The number of hydrogen-bond donors (Lipinski definition) is 2. The van der Waals surface area contributed by atoms with Gasteiger partial charge in [-0.2, -0.15) is 0 Å². The van der Waals surface area contributed by atoms with Gasteiger partial charge in [-0.1, -0.05) is 29.3 Å². The summed E-state index contributed by atoms with van der Waals surface area (Å²) >= 11 is 12.2. The average Bonchev–Trinajstić information content (AvgIpc) is 3.27. The maximum absolute atomic E-state index is 12.6. The standard InChI is InChI=1S/C27H32Cl2N6O2.ClH/c1-18-16-34(27-31-9-5-10-32-27)17-19(2)35(18)12-6-11-30-26(36)25(37-3)8-4-7-21-13-20-14-22(28)23(29)15-24(20)33-21;/h4-5,7-10,13-15,18-19,33H,6,11-12,16-17H2,1-3H3,(H,30,36);1H. The van der Waals surface area contributed by atoms with E-state index in [1.807, 2.05) is 24.3 Å². The fourth-order valence-corrected chi connectivity index (χ4v) is 5.02. The second-order valence-electron chi connectivity index (χ2n) is 9.17. The number of nitrogens with one attached hydrogen (secondary N) is 2. The second-order valence-corrected chi connectivity index (χ2v) is 9.99. The molecule has 3 aromatic rings. The lowest BCUT2D eigenvalue weighted by atomic mass is 10.1. The Bertz CT molecular complexity index is 1230. The minimum absolute atomic E-state index is 0. The molecule has 4 rings (SSSR count). The van der Waals surface area contributed by atoms with Gasteiger partial charge < -0.3 is 19.9 Å². The zero-order chi connectivity index (χ0) is 26.4. The van der Waals surface area contributed by atoms with Crippen molar-refractivity contribution >= 4 is 64.4 Å². The molecule has 2 N–H and O–H groups in total. The normalized spacial score (nSPS) is 18.6. The lowest BCUT2D eigenvalue weighted by Crippen LogP contribution is -2.57. The van der Waals surface area contributed by atoms with Crippen LogP contribution in [0.15, 0.2) is 54.6 Å². The molecule has 0 radical (unpaired) electrons. The molecule has 1 aliphatic heterocycles. The Morgan fingerprint density at radius 3 is 2.53 bits per heavy atom. The number of halogens is 3. The first kappa shape index (κ1) is 29.8. The largest absolute Gasteiger partial charge is 0.491 e. The molecule has 0 bridgehead atoms. The fourth-order valence-electron chi connectivity index (χ4n) is 4.68. The zero-order valence-electron chi connectivity index (χ0n) is 21.7. The van der Waals surface area contributed by atoms with Crippen LogP contribution in [0, 0.1) is 0 Å². The lowest BCUT2D eigenvalue weighted by molar-refractivity contribution is -0.120. The Labute approximate surface area is 239 Å². The molecule has 1 amide bonds. The smallest absolute Gasteiger partial charge is 0.286 e. The number of anilines is 1. The van der Waals surface area contributed by atoms with E-state index >= 15 is 0 Å². The van der Waals surface area contributed by atoms with E-state index < -0.39 is 0 Å². The van der Waals surface area contributed by atoms with Gasteiger partial charge in [0.25, 0.3) is 5.91 Å². The molecule has 1 saturated heterocycles. The SMILES string of the molecule is COC(=CC=Cc1cc2cc(Cl)c(Cl)cc2[nH]1)C(=O)NCCCN1C(C)CN(c2ncccn2)CC1C.Cl. The molecule has 2 atom stereocenters. The number of rotatable bonds is 9. The molecule has 1 fully saturated rings. The van der Waals surface area contributed by atoms with Gasteiger partial charge in [0.1, 0.15) is 0 Å². The van der Waals surface area contributed by atoms with Crippen molar-refractivity contribution in [2.45, 2.75) is 32.4 Å². The molecule has 3 heterocycles. The maximum Gasteiger partial charge on any atom is 0.286 e. The summed E-state index contributed by atoms with van der Waals surface area (Å²) in [5.74, 6) is 0.783. The minimum Gasteiger partial charge on any atom is -0.491 e. The highest BCUT2D eigenvalue weighted by molar-refractivity contribution is 6.42. The summed E-state index contributed by atoms with van der Waals surface area (Å²) in [4.78, 5) is 29.3. The number of benzene rings is 1. The number of nitrogens with zero attached hydrogens (tertiary/aromatic N) is 4. The minimum atomic E-state index is -0.241. The third-order valence-corrected chi connectivity index (χ3v) is 7.19. The van der Waals surface area contributed by atoms with Gasteiger partial charge in [-0.05, 0) is 56.7 Å². The van der Waals surface area contributed by atoms with E-state index in [0.717, 1.165) is 48.6 Å². The number of carbonyl (C=O) groups excluding carboxylic acids is 1. The van der Waals surface area contributed by atoms with Crippen LogP contribution in [0.5, 0.6) is 0 Å². The van der Waals surface area contributed by atoms with Gasteiger partial charge in [0.15, 0.2) is 5.76 Å². The van der Waals surface area contributed by atoms with E-state index in [2.05, 4.69) is 43.9 Å². The number of fused-ring (bicyclic) bond motifs is 1. The van der Waals surface area contributed by atoms with Crippen LogP contribution in [0.4, 0.5) is 5.95 Å². The Morgan fingerprint density at radius 2 is 1.84 bits per heavy atom. The first-order valence-electron chi connectivity index (χ1n) is 12.3. The van der Waals surface area contributed by atoms with Gasteiger partial charge in [-0.3, -0.25) is 9.69 Å². The predicted octanol–water partition coefficient (Wildman–Crippen LogP) is 5.34. The van der Waals surface area contributed by atoms with E-state index in [4.69, 9.17) is 27.9 Å². The van der Waals surface area contributed by atoms with Crippen molar-refractivity contribution in [2.75, 3.05) is 38.2 Å². The van der Waals surface area contributed by atoms with Crippen molar-refractivity contribution < 1.29 is 9.53 Å². The van der Waals surface area contributed by atoms with E-state index in [0.29, 0.717) is 28.7 Å². The van der Waals surface area contributed by atoms with Crippen molar-refractivity contribution in [1.29, 1.82) is 0 Å².